The summed E-state index contributed by atoms with van der Waals surface area (Å²) in [6, 6.07) is 9.36. The largest absolute Gasteiger partial charge is 0.463 e. The van der Waals surface area contributed by atoms with Crippen LogP contribution in [0, 0.1) is 5.82 Å². The third kappa shape index (κ3) is 5.95. The van der Waals surface area contributed by atoms with E-state index in [0.29, 0.717) is 71.7 Å². The van der Waals surface area contributed by atoms with E-state index in [2.05, 4.69) is 10.2 Å². The predicted octanol–water partition coefficient (Wildman–Crippen LogP) is 4.49. The van der Waals surface area contributed by atoms with E-state index < -0.39 is 17.8 Å². The number of carbonyl (C=O) groups excluding carboxylic acids is 3. The first-order chi connectivity index (χ1) is 18.2. The molecule has 11 heteroatoms. The molecule has 3 amide bonds. The van der Waals surface area contributed by atoms with Crippen LogP contribution in [0.25, 0.3) is 0 Å². The average Bonchev–Trinajstić information content (AvgIpc) is 2.90. The van der Waals surface area contributed by atoms with E-state index in [4.69, 9.17) is 27.9 Å². The molecular formula is C27H29Cl2FN4O4. The zero-order valence-corrected chi connectivity index (χ0v) is 22.7. The van der Waals surface area contributed by atoms with Gasteiger partial charge in [-0.1, -0.05) is 29.3 Å². The fourth-order valence-corrected chi connectivity index (χ4v) is 5.00. The van der Waals surface area contributed by atoms with Gasteiger partial charge in [0.2, 0.25) is 0 Å². The summed E-state index contributed by atoms with van der Waals surface area (Å²) < 4.78 is 18.7. The fourth-order valence-electron chi connectivity index (χ4n) is 4.70. The van der Waals surface area contributed by atoms with E-state index >= 15 is 0 Å². The number of esters is 1. The fraction of sp³-hybridized carbons (Fsp3) is 0.370. The number of rotatable bonds is 7. The second-order valence-corrected chi connectivity index (χ2v) is 9.77. The maximum atomic E-state index is 13.3. The van der Waals surface area contributed by atoms with Crippen molar-refractivity contribution in [3.63, 3.8) is 0 Å². The van der Waals surface area contributed by atoms with Crippen molar-refractivity contribution in [2.75, 3.05) is 45.9 Å². The lowest BCUT2D eigenvalue weighted by Gasteiger charge is -2.40. The van der Waals surface area contributed by atoms with Gasteiger partial charge in [0.15, 0.2) is 0 Å². The van der Waals surface area contributed by atoms with Gasteiger partial charge in [-0.3, -0.25) is 14.6 Å². The molecule has 0 radical (unpaired) electrons. The number of likely N-dealkylation sites (N-methyl/N-ethyl adjacent to an activating group) is 1. The van der Waals surface area contributed by atoms with Crippen molar-refractivity contribution in [3.8, 4) is 0 Å². The minimum Gasteiger partial charge on any atom is -0.463 e. The number of urea groups is 1. The molecule has 4 rings (SSSR count). The Bertz CT molecular complexity index is 1250. The summed E-state index contributed by atoms with van der Waals surface area (Å²) >= 11 is 12.3. The van der Waals surface area contributed by atoms with Crippen LogP contribution in [0.4, 0.5) is 9.18 Å². The number of piperazine rings is 1. The van der Waals surface area contributed by atoms with Gasteiger partial charge >= 0.3 is 12.0 Å². The first-order valence-electron chi connectivity index (χ1n) is 12.4. The molecule has 2 aliphatic rings. The van der Waals surface area contributed by atoms with Crippen LogP contribution in [0.5, 0.6) is 0 Å². The lowest BCUT2D eigenvalue weighted by molar-refractivity contribution is -0.139. The van der Waals surface area contributed by atoms with E-state index in [0.717, 1.165) is 0 Å². The summed E-state index contributed by atoms with van der Waals surface area (Å²) in [5, 5.41) is 3.58. The van der Waals surface area contributed by atoms with Crippen molar-refractivity contribution in [1.29, 1.82) is 0 Å². The summed E-state index contributed by atoms with van der Waals surface area (Å²) in [5.41, 5.74) is 1.91. The molecule has 0 aliphatic carbocycles. The summed E-state index contributed by atoms with van der Waals surface area (Å²) in [5.74, 6) is -1.08. The topological polar surface area (TPSA) is 82.2 Å². The Hall–Kier alpha value is -3.14. The molecule has 1 fully saturated rings. The predicted molar refractivity (Wildman–Crippen MR) is 143 cm³/mol. The maximum Gasteiger partial charge on any atom is 0.338 e. The molecule has 8 nitrogen and oxygen atoms in total. The Kier molecular flexibility index (Phi) is 8.91. The second kappa shape index (κ2) is 12.1. The molecule has 38 heavy (non-hydrogen) atoms. The Morgan fingerprint density at radius 1 is 1.03 bits per heavy atom. The van der Waals surface area contributed by atoms with Gasteiger partial charge in [-0.25, -0.2) is 14.0 Å². The zero-order chi connectivity index (χ0) is 27.4. The van der Waals surface area contributed by atoms with E-state index in [1.54, 1.807) is 30.0 Å². The SMILES string of the molecule is CCOC(=O)C1=C(CN2CCN(C(=O)c3ccc(F)cc3)CC2)N(CC)C(=O)N[C@H]1c1ccc(Cl)c(Cl)c1. The van der Waals surface area contributed by atoms with Crippen LogP contribution >= 0.6 is 23.2 Å². The number of amides is 3. The number of halogens is 3. The molecule has 0 aromatic heterocycles. The number of ether oxygens (including phenoxy) is 1. The number of carbonyl (C=O) groups is 3. The Labute approximate surface area is 230 Å². The Morgan fingerprint density at radius 2 is 1.71 bits per heavy atom. The summed E-state index contributed by atoms with van der Waals surface area (Å²) in [7, 11) is 0. The summed E-state index contributed by atoms with van der Waals surface area (Å²) in [6.07, 6.45) is 0. The van der Waals surface area contributed by atoms with Crippen LogP contribution in [0.1, 0.15) is 35.8 Å². The number of nitrogens with one attached hydrogen (secondary N) is 1. The quantitative estimate of drug-likeness (QED) is 0.502. The second-order valence-electron chi connectivity index (χ2n) is 8.96. The van der Waals surface area contributed by atoms with E-state index in [1.807, 2.05) is 6.92 Å². The van der Waals surface area contributed by atoms with Gasteiger partial charge in [0, 0.05) is 50.5 Å². The number of nitrogens with zero attached hydrogens (tertiary/aromatic N) is 3. The first-order valence-corrected chi connectivity index (χ1v) is 13.2. The average molecular weight is 563 g/mol. The molecule has 1 atom stereocenters. The zero-order valence-electron chi connectivity index (χ0n) is 21.2. The van der Waals surface area contributed by atoms with Crippen LogP contribution in [0.3, 0.4) is 0 Å². The third-order valence-corrected chi connectivity index (χ3v) is 7.39. The standard InChI is InChI=1S/C27H29Cl2FN4O4/c1-3-34-22(16-32-11-13-33(14-12-32)25(35)17-5-8-19(30)9-6-17)23(26(36)38-4-2)24(31-27(34)37)18-7-10-20(28)21(29)15-18/h5-10,15,24H,3-4,11-14,16H2,1-2H3,(H,31,37)/t24-/m0/s1. The van der Waals surface area contributed by atoms with Crippen LogP contribution in [-0.4, -0.2) is 78.5 Å². The highest BCUT2D eigenvalue weighted by molar-refractivity contribution is 6.42. The van der Waals surface area contributed by atoms with Crippen molar-refractivity contribution < 1.29 is 23.5 Å². The third-order valence-electron chi connectivity index (χ3n) is 6.65. The number of hydrogen-bond acceptors (Lipinski definition) is 5. The van der Waals surface area contributed by atoms with E-state index in [1.165, 1.54) is 29.2 Å². The van der Waals surface area contributed by atoms with Crippen molar-refractivity contribution >= 4 is 41.1 Å². The lowest BCUT2D eigenvalue weighted by Crippen LogP contribution is -2.53. The molecule has 0 saturated carbocycles. The molecule has 2 heterocycles. The molecular weight excluding hydrogens is 534 g/mol. The molecule has 0 unspecified atom stereocenters. The lowest BCUT2D eigenvalue weighted by atomic mass is 9.94. The van der Waals surface area contributed by atoms with Crippen LogP contribution < -0.4 is 5.32 Å². The van der Waals surface area contributed by atoms with Crippen molar-refractivity contribution in [1.82, 2.24) is 20.0 Å². The molecule has 1 saturated heterocycles. The van der Waals surface area contributed by atoms with Crippen molar-refractivity contribution in [2.24, 2.45) is 0 Å². The number of hydrogen-bond donors (Lipinski definition) is 1. The van der Waals surface area contributed by atoms with Crippen molar-refractivity contribution in [2.45, 2.75) is 19.9 Å². The first kappa shape index (κ1) is 27.9. The highest BCUT2D eigenvalue weighted by atomic mass is 35.5. The maximum absolute atomic E-state index is 13.3. The van der Waals surface area contributed by atoms with Gasteiger partial charge in [0.05, 0.1) is 28.3 Å². The molecule has 2 aromatic rings. The summed E-state index contributed by atoms with van der Waals surface area (Å²) in [6.45, 7) is 6.36. The minimum atomic E-state index is -0.768. The molecule has 2 aromatic carbocycles. The highest BCUT2D eigenvalue weighted by Crippen LogP contribution is 2.35. The van der Waals surface area contributed by atoms with Gasteiger partial charge in [-0.15, -0.1) is 0 Å². The Morgan fingerprint density at radius 3 is 2.32 bits per heavy atom. The van der Waals surface area contributed by atoms with E-state index in [-0.39, 0.29) is 18.5 Å². The van der Waals surface area contributed by atoms with Gasteiger partial charge in [-0.05, 0) is 55.8 Å². The molecule has 0 bridgehead atoms. The van der Waals surface area contributed by atoms with Gasteiger partial charge in [0.25, 0.3) is 5.91 Å². The van der Waals surface area contributed by atoms with Gasteiger partial charge in [-0.2, -0.15) is 0 Å². The molecule has 2 aliphatic heterocycles. The molecule has 0 spiro atoms. The monoisotopic (exact) mass is 562 g/mol. The minimum absolute atomic E-state index is 0.164. The highest BCUT2D eigenvalue weighted by Gasteiger charge is 2.39. The molecule has 202 valence electrons. The van der Waals surface area contributed by atoms with Crippen LogP contribution in [0.15, 0.2) is 53.7 Å². The van der Waals surface area contributed by atoms with Gasteiger partial charge < -0.3 is 15.0 Å². The molecule has 1 N–H and O–H groups in total. The van der Waals surface area contributed by atoms with E-state index in [9.17, 15) is 18.8 Å². The van der Waals surface area contributed by atoms with Crippen LogP contribution in [-0.2, 0) is 9.53 Å². The summed E-state index contributed by atoms with van der Waals surface area (Å²) in [4.78, 5) is 44.6. The number of benzene rings is 2. The van der Waals surface area contributed by atoms with Crippen molar-refractivity contribution in [3.05, 3.63) is 80.7 Å². The van der Waals surface area contributed by atoms with Gasteiger partial charge in [0.1, 0.15) is 5.82 Å². The Balaban J connectivity index is 1.60. The normalized spacial score (nSPS) is 18.4. The smallest absolute Gasteiger partial charge is 0.338 e. The van der Waals surface area contributed by atoms with Crippen LogP contribution in [0.2, 0.25) is 10.0 Å².